The van der Waals surface area contributed by atoms with Crippen LogP contribution in [0.25, 0.3) is 0 Å². The van der Waals surface area contributed by atoms with Gasteiger partial charge in [-0.1, -0.05) is 49.7 Å². The summed E-state index contributed by atoms with van der Waals surface area (Å²) in [5.41, 5.74) is 0. The Morgan fingerprint density at radius 1 is 0.941 bits per heavy atom. The molecule has 2 nitrogen and oxygen atoms in total. The van der Waals surface area contributed by atoms with Crippen LogP contribution in [0.5, 0.6) is 0 Å². The highest BCUT2D eigenvalue weighted by Gasteiger charge is 2.33. The van der Waals surface area contributed by atoms with Crippen molar-refractivity contribution in [3.63, 3.8) is 0 Å². The molecule has 17 heavy (non-hydrogen) atoms. The van der Waals surface area contributed by atoms with Gasteiger partial charge in [0.2, 0.25) is 0 Å². The second kappa shape index (κ2) is 5.45. The highest BCUT2D eigenvalue weighted by atomic mass is 32.2. The van der Waals surface area contributed by atoms with E-state index in [1.165, 1.54) is 51.4 Å². The first-order valence-corrected chi connectivity index (χ1v) is 8.41. The summed E-state index contributed by atoms with van der Waals surface area (Å²) in [4.78, 5) is 5.20. The van der Waals surface area contributed by atoms with E-state index in [2.05, 4.69) is 9.80 Å². The Morgan fingerprint density at radius 2 is 1.53 bits per heavy atom. The fourth-order valence-electron chi connectivity index (χ4n) is 3.49. The third-order valence-electron chi connectivity index (χ3n) is 4.53. The summed E-state index contributed by atoms with van der Waals surface area (Å²) >= 11 is 7.44. The topological polar surface area (TPSA) is 6.48 Å². The second-order valence-corrected chi connectivity index (χ2v) is 7.19. The van der Waals surface area contributed by atoms with Gasteiger partial charge < -0.3 is 4.90 Å². The predicted molar refractivity (Wildman–Crippen MR) is 78.1 cm³/mol. The third-order valence-corrected chi connectivity index (χ3v) is 6.06. The summed E-state index contributed by atoms with van der Waals surface area (Å²) in [7, 11) is 0. The quantitative estimate of drug-likeness (QED) is 0.709. The Kier molecular flexibility index (Phi) is 3.93. The van der Waals surface area contributed by atoms with Crippen molar-refractivity contribution in [2.24, 2.45) is 0 Å². The van der Waals surface area contributed by atoms with E-state index in [9.17, 15) is 0 Å². The molecule has 1 aliphatic heterocycles. The molecule has 0 amide bonds. The molecule has 4 heteroatoms. The summed E-state index contributed by atoms with van der Waals surface area (Å²) < 4.78 is 1.16. The van der Waals surface area contributed by atoms with E-state index in [4.69, 9.17) is 12.2 Å². The molecule has 0 spiro atoms. The molecular formula is C13H22N2S2. The first-order chi connectivity index (χ1) is 8.34. The van der Waals surface area contributed by atoms with E-state index in [1.54, 1.807) is 0 Å². The molecule has 0 aromatic rings. The highest BCUT2D eigenvalue weighted by Crippen LogP contribution is 2.33. The lowest BCUT2D eigenvalue weighted by atomic mass is 10.2. The van der Waals surface area contributed by atoms with Crippen LogP contribution in [0.1, 0.15) is 51.4 Å². The van der Waals surface area contributed by atoms with Crippen LogP contribution in [-0.4, -0.2) is 38.7 Å². The fourth-order valence-corrected chi connectivity index (χ4v) is 4.79. The third kappa shape index (κ3) is 2.64. The lowest BCUT2D eigenvalue weighted by molar-refractivity contribution is 0.134. The summed E-state index contributed by atoms with van der Waals surface area (Å²) in [5, 5.41) is 0. The van der Waals surface area contributed by atoms with Gasteiger partial charge in [0.1, 0.15) is 4.32 Å². The molecule has 0 atom stereocenters. The van der Waals surface area contributed by atoms with E-state index in [0.717, 1.165) is 28.9 Å². The van der Waals surface area contributed by atoms with Gasteiger partial charge in [-0.25, -0.2) is 0 Å². The molecule has 0 radical (unpaired) electrons. The largest absolute Gasteiger partial charge is 0.341 e. The molecule has 0 aromatic carbocycles. The molecule has 96 valence electrons. The molecule has 1 saturated heterocycles. The number of hydrogen-bond donors (Lipinski definition) is 0. The summed E-state index contributed by atoms with van der Waals surface area (Å²) in [5.74, 6) is 1.13. The zero-order chi connectivity index (χ0) is 11.7. The molecule has 2 saturated carbocycles. The lowest BCUT2D eigenvalue weighted by Gasteiger charge is -2.42. The monoisotopic (exact) mass is 270 g/mol. The highest BCUT2D eigenvalue weighted by molar-refractivity contribution is 8.22. The molecule has 2 aliphatic carbocycles. The molecule has 3 aliphatic rings. The Balaban J connectivity index is 1.63. The standard InChI is InChI=1S/C13H22N2S2/c16-13-15(12-7-3-4-8-12)9-14(10-17-13)11-5-1-2-6-11/h11-12H,1-10H2. The van der Waals surface area contributed by atoms with Crippen LogP contribution in [0, 0.1) is 0 Å². The molecule has 3 rings (SSSR count). The average molecular weight is 270 g/mol. The normalized spacial score (nSPS) is 29.4. The number of hydrogen-bond acceptors (Lipinski definition) is 3. The van der Waals surface area contributed by atoms with Crippen LogP contribution in [0.15, 0.2) is 0 Å². The molecule has 0 unspecified atom stereocenters. The second-order valence-electron chi connectivity index (χ2n) is 5.62. The van der Waals surface area contributed by atoms with Gasteiger partial charge >= 0.3 is 0 Å². The van der Waals surface area contributed by atoms with E-state index in [-0.39, 0.29) is 0 Å². The first kappa shape index (κ1) is 12.2. The van der Waals surface area contributed by atoms with Gasteiger partial charge in [-0.3, -0.25) is 4.90 Å². The fraction of sp³-hybridized carbons (Fsp3) is 0.923. The van der Waals surface area contributed by atoms with Gasteiger partial charge in [0.15, 0.2) is 0 Å². The molecule has 1 heterocycles. The minimum absolute atomic E-state index is 0.749. The van der Waals surface area contributed by atoms with E-state index in [1.807, 2.05) is 11.8 Å². The van der Waals surface area contributed by atoms with Gasteiger partial charge in [-0.05, 0) is 25.7 Å². The number of rotatable bonds is 2. The van der Waals surface area contributed by atoms with Crippen molar-refractivity contribution < 1.29 is 0 Å². The minimum Gasteiger partial charge on any atom is -0.341 e. The van der Waals surface area contributed by atoms with Gasteiger partial charge in [0.05, 0.1) is 12.5 Å². The summed E-state index contributed by atoms with van der Waals surface area (Å²) in [6.45, 7) is 1.11. The molecule has 0 aromatic heterocycles. The lowest BCUT2D eigenvalue weighted by Crippen LogP contribution is -2.51. The minimum atomic E-state index is 0.749. The maximum Gasteiger partial charge on any atom is 0.138 e. The van der Waals surface area contributed by atoms with Crippen molar-refractivity contribution in [1.82, 2.24) is 9.80 Å². The Labute approximate surface area is 114 Å². The Hall–Kier alpha value is 0.200. The van der Waals surface area contributed by atoms with E-state index >= 15 is 0 Å². The molecule has 3 fully saturated rings. The average Bonchev–Trinajstić information content (AvgIpc) is 3.03. The molecular weight excluding hydrogens is 248 g/mol. The smallest absolute Gasteiger partial charge is 0.138 e. The maximum absolute atomic E-state index is 5.55. The Morgan fingerprint density at radius 3 is 2.18 bits per heavy atom. The van der Waals surface area contributed by atoms with Crippen LogP contribution in [-0.2, 0) is 0 Å². The number of thioether (sulfide) groups is 1. The van der Waals surface area contributed by atoms with Crippen LogP contribution in [0.2, 0.25) is 0 Å². The van der Waals surface area contributed by atoms with Crippen molar-refractivity contribution in [3.05, 3.63) is 0 Å². The summed E-state index contributed by atoms with van der Waals surface area (Å²) in [6.07, 6.45) is 11.2. The van der Waals surface area contributed by atoms with Gasteiger partial charge in [0.25, 0.3) is 0 Å². The SMILES string of the molecule is S=C1SCN(C2CCCC2)CN1C1CCCC1. The van der Waals surface area contributed by atoms with Crippen LogP contribution < -0.4 is 0 Å². The zero-order valence-electron chi connectivity index (χ0n) is 10.4. The van der Waals surface area contributed by atoms with Crippen molar-refractivity contribution in [3.8, 4) is 0 Å². The maximum atomic E-state index is 5.55. The molecule has 0 N–H and O–H groups in total. The van der Waals surface area contributed by atoms with Crippen molar-refractivity contribution >= 4 is 28.3 Å². The van der Waals surface area contributed by atoms with Crippen LogP contribution in [0.4, 0.5) is 0 Å². The van der Waals surface area contributed by atoms with Crippen molar-refractivity contribution in [1.29, 1.82) is 0 Å². The van der Waals surface area contributed by atoms with Crippen LogP contribution in [0.3, 0.4) is 0 Å². The predicted octanol–water partition coefficient (Wildman–Crippen LogP) is 3.42. The zero-order valence-corrected chi connectivity index (χ0v) is 12.1. The summed E-state index contributed by atoms with van der Waals surface area (Å²) in [6, 6.07) is 1.59. The van der Waals surface area contributed by atoms with E-state index in [0.29, 0.717) is 0 Å². The molecule has 0 bridgehead atoms. The van der Waals surface area contributed by atoms with Gasteiger partial charge in [0, 0.05) is 12.1 Å². The van der Waals surface area contributed by atoms with Gasteiger partial charge in [-0.2, -0.15) is 0 Å². The van der Waals surface area contributed by atoms with Crippen LogP contribution >= 0.6 is 24.0 Å². The van der Waals surface area contributed by atoms with Gasteiger partial charge in [-0.15, -0.1) is 0 Å². The van der Waals surface area contributed by atoms with Crippen molar-refractivity contribution in [2.45, 2.75) is 63.5 Å². The number of nitrogens with zero attached hydrogens (tertiary/aromatic N) is 2. The first-order valence-electron chi connectivity index (χ1n) is 7.02. The van der Waals surface area contributed by atoms with E-state index < -0.39 is 0 Å². The van der Waals surface area contributed by atoms with Crippen molar-refractivity contribution in [2.75, 3.05) is 12.5 Å². The Bertz CT molecular complexity index is 283. The number of thiocarbonyl (C=S) groups is 1.